The molecule has 0 fully saturated rings. The summed E-state index contributed by atoms with van der Waals surface area (Å²) in [6.45, 7) is 0. The van der Waals surface area contributed by atoms with Crippen LogP contribution in [0.25, 0.3) is 21.9 Å². The van der Waals surface area contributed by atoms with E-state index in [1.807, 2.05) is 24.3 Å². The van der Waals surface area contributed by atoms with E-state index in [1.54, 1.807) is 30.5 Å². The lowest BCUT2D eigenvalue weighted by molar-refractivity contribution is 0.0688. The Balaban J connectivity index is 0.000000131. The Morgan fingerprint density at radius 3 is 2.43 bits per heavy atom. The first-order valence-corrected chi connectivity index (χ1v) is 6.13. The molecule has 6 nitrogen and oxygen atoms in total. The molecule has 0 saturated carbocycles. The van der Waals surface area contributed by atoms with Crippen LogP contribution in [0.1, 0.15) is 10.5 Å². The van der Waals surface area contributed by atoms with E-state index in [9.17, 15) is 4.79 Å². The van der Waals surface area contributed by atoms with Crippen LogP contribution >= 0.6 is 0 Å². The molecule has 1 N–H and O–H groups in total. The largest absolute Gasteiger partial charge is 0.476 e. The molecule has 0 unspecified atom stereocenters. The first kappa shape index (κ1) is 12.9. The Kier molecular flexibility index (Phi) is 3.34. The van der Waals surface area contributed by atoms with Gasteiger partial charge in [0.1, 0.15) is 0 Å². The maximum Gasteiger partial charge on any atom is 0.358 e. The van der Waals surface area contributed by atoms with Crippen LogP contribution in [0.2, 0.25) is 0 Å². The maximum atomic E-state index is 10.6. The SMILES string of the molecule is O=C(O)c1noc2ccccc12.c1ccc2oncc2c1. The molecule has 4 aromatic rings. The molecule has 104 valence electrons. The minimum absolute atomic E-state index is 0.0365. The zero-order valence-corrected chi connectivity index (χ0v) is 10.8. The normalized spacial score (nSPS) is 10.3. The number of nitrogens with zero attached hydrogens (tertiary/aromatic N) is 2. The van der Waals surface area contributed by atoms with E-state index in [4.69, 9.17) is 14.2 Å². The molecule has 2 heterocycles. The third-order valence-corrected chi connectivity index (χ3v) is 2.84. The van der Waals surface area contributed by atoms with E-state index < -0.39 is 5.97 Å². The van der Waals surface area contributed by atoms with Crippen LogP contribution in [-0.2, 0) is 0 Å². The maximum absolute atomic E-state index is 10.6. The molecule has 4 rings (SSSR count). The zero-order valence-electron chi connectivity index (χ0n) is 10.8. The van der Waals surface area contributed by atoms with Crippen molar-refractivity contribution < 1.29 is 18.9 Å². The molecule has 0 saturated heterocycles. The van der Waals surface area contributed by atoms with E-state index in [0.717, 1.165) is 11.0 Å². The van der Waals surface area contributed by atoms with Gasteiger partial charge in [-0.25, -0.2) is 4.79 Å². The standard InChI is InChI=1S/C8H5NO3.C7H5NO/c10-8(11)7-5-3-1-2-4-6(5)12-9-7;1-2-4-7-6(3-1)5-8-9-7/h1-4H,(H,10,11);1-5H. The van der Waals surface area contributed by atoms with Crippen molar-refractivity contribution in [1.82, 2.24) is 10.3 Å². The van der Waals surface area contributed by atoms with Gasteiger partial charge in [-0.1, -0.05) is 34.6 Å². The molecule has 0 aliphatic heterocycles. The number of carboxylic acid groups (broad SMARTS) is 1. The third kappa shape index (κ3) is 2.59. The molecule has 0 amide bonds. The van der Waals surface area contributed by atoms with Crippen LogP contribution in [0.4, 0.5) is 0 Å². The number of fused-ring (bicyclic) bond motifs is 2. The Bertz CT molecular complexity index is 864. The van der Waals surface area contributed by atoms with Crippen molar-refractivity contribution in [2.45, 2.75) is 0 Å². The highest BCUT2D eigenvalue weighted by Gasteiger charge is 2.13. The number of carboxylic acids is 1. The second-order valence-electron chi connectivity index (χ2n) is 4.20. The van der Waals surface area contributed by atoms with Crippen LogP contribution in [0, 0.1) is 0 Å². The fourth-order valence-corrected chi connectivity index (χ4v) is 1.85. The number of hydrogen-bond donors (Lipinski definition) is 1. The van der Waals surface area contributed by atoms with E-state index in [2.05, 4.69) is 10.3 Å². The fourth-order valence-electron chi connectivity index (χ4n) is 1.85. The van der Waals surface area contributed by atoms with Gasteiger partial charge in [-0.05, 0) is 24.3 Å². The summed E-state index contributed by atoms with van der Waals surface area (Å²) in [7, 11) is 0. The molecular weight excluding hydrogens is 272 g/mol. The lowest BCUT2D eigenvalue weighted by Gasteiger charge is -1.84. The van der Waals surface area contributed by atoms with Gasteiger partial charge in [0, 0.05) is 5.39 Å². The average molecular weight is 282 g/mol. The summed E-state index contributed by atoms with van der Waals surface area (Å²) >= 11 is 0. The fraction of sp³-hybridized carbons (Fsp3) is 0. The highest BCUT2D eigenvalue weighted by Crippen LogP contribution is 2.17. The quantitative estimate of drug-likeness (QED) is 0.575. The predicted octanol–water partition coefficient (Wildman–Crippen LogP) is 3.35. The van der Waals surface area contributed by atoms with Crippen molar-refractivity contribution in [1.29, 1.82) is 0 Å². The van der Waals surface area contributed by atoms with Gasteiger partial charge < -0.3 is 14.2 Å². The van der Waals surface area contributed by atoms with Gasteiger partial charge in [-0.3, -0.25) is 0 Å². The summed E-state index contributed by atoms with van der Waals surface area (Å²) in [4.78, 5) is 10.6. The van der Waals surface area contributed by atoms with Gasteiger partial charge in [0.25, 0.3) is 0 Å². The second-order valence-corrected chi connectivity index (χ2v) is 4.20. The van der Waals surface area contributed by atoms with Crippen molar-refractivity contribution in [2.75, 3.05) is 0 Å². The van der Waals surface area contributed by atoms with Crippen LogP contribution in [0.3, 0.4) is 0 Å². The van der Waals surface area contributed by atoms with Crippen molar-refractivity contribution in [3.63, 3.8) is 0 Å². The van der Waals surface area contributed by atoms with E-state index in [-0.39, 0.29) is 5.69 Å². The Labute approximate surface area is 118 Å². The summed E-state index contributed by atoms with van der Waals surface area (Å²) < 4.78 is 9.65. The van der Waals surface area contributed by atoms with Crippen molar-refractivity contribution in [2.24, 2.45) is 0 Å². The molecule has 0 aliphatic rings. The monoisotopic (exact) mass is 282 g/mol. The molecule has 0 aliphatic carbocycles. The molecule has 0 spiro atoms. The Hall–Kier alpha value is -3.15. The molecule has 0 bridgehead atoms. The summed E-state index contributed by atoms with van der Waals surface area (Å²) in [5.41, 5.74) is 1.30. The van der Waals surface area contributed by atoms with Crippen LogP contribution in [0.5, 0.6) is 0 Å². The van der Waals surface area contributed by atoms with Crippen molar-refractivity contribution >= 4 is 27.9 Å². The van der Waals surface area contributed by atoms with Crippen LogP contribution in [-0.4, -0.2) is 21.4 Å². The number of para-hydroxylation sites is 2. The molecule has 0 atom stereocenters. The first-order chi connectivity index (χ1) is 10.3. The van der Waals surface area contributed by atoms with Gasteiger partial charge in [-0.2, -0.15) is 0 Å². The second kappa shape index (κ2) is 5.46. The summed E-state index contributed by atoms with van der Waals surface area (Å²) in [6.07, 6.45) is 1.70. The zero-order chi connectivity index (χ0) is 14.7. The topological polar surface area (TPSA) is 89.4 Å². The van der Waals surface area contributed by atoms with E-state index >= 15 is 0 Å². The van der Waals surface area contributed by atoms with E-state index in [0.29, 0.717) is 11.0 Å². The van der Waals surface area contributed by atoms with Gasteiger partial charge in [0.2, 0.25) is 0 Å². The number of aromatic nitrogens is 2. The van der Waals surface area contributed by atoms with E-state index in [1.165, 1.54) is 0 Å². The van der Waals surface area contributed by atoms with Gasteiger partial charge in [0.05, 0.1) is 11.6 Å². The molecule has 6 heteroatoms. The number of benzene rings is 2. The Morgan fingerprint density at radius 1 is 0.952 bits per heavy atom. The lowest BCUT2D eigenvalue weighted by atomic mass is 10.2. The molecule has 21 heavy (non-hydrogen) atoms. The highest BCUT2D eigenvalue weighted by molar-refractivity contribution is 5.99. The van der Waals surface area contributed by atoms with Gasteiger partial charge >= 0.3 is 5.97 Å². The summed E-state index contributed by atoms with van der Waals surface area (Å²) in [6, 6.07) is 14.6. The van der Waals surface area contributed by atoms with Crippen LogP contribution < -0.4 is 0 Å². The first-order valence-electron chi connectivity index (χ1n) is 6.13. The summed E-state index contributed by atoms with van der Waals surface area (Å²) in [5.74, 6) is -1.07. The van der Waals surface area contributed by atoms with Crippen LogP contribution in [0.15, 0.2) is 63.8 Å². The van der Waals surface area contributed by atoms with Crippen molar-refractivity contribution in [3.8, 4) is 0 Å². The lowest BCUT2D eigenvalue weighted by Crippen LogP contribution is -1.95. The Morgan fingerprint density at radius 2 is 1.67 bits per heavy atom. The highest BCUT2D eigenvalue weighted by atomic mass is 16.5. The predicted molar refractivity (Wildman–Crippen MR) is 75.0 cm³/mol. The number of aromatic carboxylic acids is 1. The van der Waals surface area contributed by atoms with Crippen molar-refractivity contribution in [3.05, 3.63) is 60.4 Å². The molecule has 2 aromatic carbocycles. The van der Waals surface area contributed by atoms with Gasteiger partial charge in [-0.15, -0.1) is 0 Å². The van der Waals surface area contributed by atoms with Gasteiger partial charge in [0.15, 0.2) is 16.9 Å². The molecule has 2 aromatic heterocycles. The smallest absolute Gasteiger partial charge is 0.358 e. The third-order valence-electron chi connectivity index (χ3n) is 2.84. The molecular formula is C15H10N2O4. The summed E-state index contributed by atoms with van der Waals surface area (Å²) in [5, 5.41) is 17.3. The molecule has 0 radical (unpaired) electrons. The minimum Gasteiger partial charge on any atom is -0.476 e. The number of rotatable bonds is 1. The number of carbonyl (C=O) groups is 1. The minimum atomic E-state index is -1.07. The number of hydrogen-bond acceptors (Lipinski definition) is 5. The average Bonchev–Trinajstić information content (AvgIpc) is 3.14.